The molecule has 0 bridgehead atoms. The van der Waals surface area contributed by atoms with E-state index in [-0.39, 0.29) is 21.8 Å². The molecule has 2 rings (SSSR count). The average Bonchev–Trinajstić information content (AvgIpc) is 2.40. The third-order valence-corrected chi connectivity index (χ3v) is 2.85. The molecule has 1 N–H and O–H groups in total. The predicted molar refractivity (Wildman–Crippen MR) is 70.5 cm³/mol. The summed E-state index contributed by atoms with van der Waals surface area (Å²) in [5.41, 5.74) is -0.355. The van der Waals surface area contributed by atoms with Crippen molar-refractivity contribution in [2.24, 2.45) is 0 Å². The van der Waals surface area contributed by atoms with Crippen molar-refractivity contribution in [1.82, 2.24) is 0 Å². The van der Waals surface area contributed by atoms with Crippen molar-refractivity contribution < 1.29 is 13.6 Å². The molecule has 0 radical (unpaired) electrons. The van der Waals surface area contributed by atoms with E-state index in [9.17, 15) is 13.6 Å². The minimum atomic E-state index is -0.774. The van der Waals surface area contributed by atoms with Crippen LogP contribution in [0.25, 0.3) is 0 Å². The van der Waals surface area contributed by atoms with E-state index < -0.39 is 17.5 Å². The predicted octanol–water partition coefficient (Wildman–Crippen LogP) is 3.74. The number of nitriles is 1. The molecular formula is C14H7ClF2N2O. The van der Waals surface area contributed by atoms with Gasteiger partial charge in [0.2, 0.25) is 0 Å². The van der Waals surface area contributed by atoms with Crippen LogP contribution in [-0.4, -0.2) is 5.91 Å². The summed E-state index contributed by atoms with van der Waals surface area (Å²) >= 11 is 5.76. The van der Waals surface area contributed by atoms with E-state index >= 15 is 0 Å². The molecular weight excluding hydrogens is 286 g/mol. The number of anilines is 1. The van der Waals surface area contributed by atoms with E-state index in [0.29, 0.717) is 0 Å². The molecule has 6 heteroatoms. The second-order valence-corrected chi connectivity index (χ2v) is 4.26. The van der Waals surface area contributed by atoms with Crippen LogP contribution < -0.4 is 5.32 Å². The maximum absolute atomic E-state index is 13.6. The monoisotopic (exact) mass is 292 g/mol. The Balaban J connectivity index is 2.31. The Hall–Kier alpha value is -2.45. The first-order valence-corrected chi connectivity index (χ1v) is 5.85. The number of nitrogens with one attached hydrogen (secondary N) is 1. The minimum absolute atomic E-state index is 0.0369. The van der Waals surface area contributed by atoms with E-state index in [4.69, 9.17) is 16.9 Å². The van der Waals surface area contributed by atoms with Gasteiger partial charge < -0.3 is 5.32 Å². The molecule has 3 nitrogen and oxygen atoms in total. The lowest BCUT2D eigenvalue weighted by Crippen LogP contribution is -2.14. The molecule has 0 aliphatic carbocycles. The van der Waals surface area contributed by atoms with Crippen molar-refractivity contribution in [2.45, 2.75) is 0 Å². The third kappa shape index (κ3) is 2.76. The van der Waals surface area contributed by atoms with Gasteiger partial charge in [-0.05, 0) is 30.3 Å². The first kappa shape index (κ1) is 14.0. The highest BCUT2D eigenvalue weighted by molar-refractivity contribution is 6.34. The number of benzene rings is 2. The van der Waals surface area contributed by atoms with Crippen molar-refractivity contribution in [3.8, 4) is 6.07 Å². The number of nitrogens with zero attached hydrogens (tertiary/aromatic N) is 1. The van der Waals surface area contributed by atoms with Gasteiger partial charge in [0.1, 0.15) is 17.7 Å². The number of carbonyl (C=O) groups is 1. The second-order valence-electron chi connectivity index (χ2n) is 3.86. The molecule has 2 aromatic carbocycles. The topological polar surface area (TPSA) is 52.9 Å². The first-order valence-electron chi connectivity index (χ1n) is 5.48. The number of hydrogen-bond acceptors (Lipinski definition) is 2. The summed E-state index contributed by atoms with van der Waals surface area (Å²) in [4.78, 5) is 11.9. The van der Waals surface area contributed by atoms with E-state index in [1.807, 2.05) is 0 Å². The molecule has 20 heavy (non-hydrogen) atoms. The molecule has 0 unspecified atom stereocenters. The number of halogens is 3. The first-order chi connectivity index (χ1) is 9.52. The second kappa shape index (κ2) is 5.68. The van der Waals surface area contributed by atoms with Gasteiger partial charge in [-0.25, -0.2) is 8.78 Å². The van der Waals surface area contributed by atoms with Gasteiger partial charge in [0, 0.05) is 5.69 Å². The lowest BCUT2D eigenvalue weighted by Gasteiger charge is -2.08. The van der Waals surface area contributed by atoms with Gasteiger partial charge in [-0.1, -0.05) is 17.7 Å². The Labute approximate surface area is 118 Å². The van der Waals surface area contributed by atoms with Gasteiger partial charge in [-0.3, -0.25) is 4.79 Å². The summed E-state index contributed by atoms with van der Waals surface area (Å²) in [6, 6.07) is 8.96. The van der Waals surface area contributed by atoms with Gasteiger partial charge in [0.15, 0.2) is 0 Å². The fourth-order valence-corrected chi connectivity index (χ4v) is 1.85. The number of carbonyl (C=O) groups excluding carboxylic acids is 1. The summed E-state index contributed by atoms with van der Waals surface area (Å²) < 4.78 is 26.7. The van der Waals surface area contributed by atoms with Crippen LogP contribution in [-0.2, 0) is 0 Å². The fraction of sp³-hybridized carbons (Fsp3) is 0. The average molecular weight is 293 g/mol. The van der Waals surface area contributed by atoms with Gasteiger partial charge in [0.05, 0.1) is 16.1 Å². The van der Waals surface area contributed by atoms with Crippen LogP contribution in [0, 0.1) is 23.0 Å². The molecule has 0 heterocycles. The van der Waals surface area contributed by atoms with Crippen LogP contribution in [0.4, 0.5) is 14.5 Å². The molecule has 0 aliphatic rings. The zero-order valence-corrected chi connectivity index (χ0v) is 10.7. The Kier molecular flexibility index (Phi) is 3.97. The van der Waals surface area contributed by atoms with E-state index in [1.54, 1.807) is 6.07 Å². The molecule has 0 saturated carbocycles. The Morgan fingerprint density at radius 1 is 1.20 bits per heavy atom. The zero-order chi connectivity index (χ0) is 14.7. The molecule has 0 atom stereocenters. The molecule has 100 valence electrons. The standard InChI is InChI=1S/C14H7ClF2N2O/c15-10-2-1-3-12(17)13(10)14(20)19-9-4-5-11(16)8(6-9)7-18/h1-6H,(H,19,20). The van der Waals surface area contributed by atoms with E-state index in [1.165, 1.54) is 18.2 Å². The van der Waals surface area contributed by atoms with Crippen molar-refractivity contribution in [2.75, 3.05) is 5.32 Å². The summed E-state index contributed by atoms with van der Waals surface area (Å²) in [5, 5.41) is 11.0. The molecule has 1 amide bonds. The quantitative estimate of drug-likeness (QED) is 0.916. The molecule has 0 spiro atoms. The minimum Gasteiger partial charge on any atom is -0.322 e. The van der Waals surface area contributed by atoms with Crippen LogP contribution in [0.15, 0.2) is 36.4 Å². The summed E-state index contributed by atoms with van der Waals surface area (Å²) in [5.74, 6) is -2.24. The largest absolute Gasteiger partial charge is 0.322 e. The Morgan fingerprint density at radius 3 is 2.60 bits per heavy atom. The van der Waals surface area contributed by atoms with Crippen molar-refractivity contribution >= 4 is 23.2 Å². The highest BCUT2D eigenvalue weighted by Crippen LogP contribution is 2.21. The van der Waals surface area contributed by atoms with Gasteiger partial charge in [-0.15, -0.1) is 0 Å². The Morgan fingerprint density at radius 2 is 1.95 bits per heavy atom. The summed E-state index contributed by atoms with van der Waals surface area (Å²) in [6.07, 6.45) is 0. The van der Waals surface area contributed by atoms with Crippen LogP contribution in [0.2, 0.25) is 5.02 Å². The number of amides is 1. The van der Waals surface area contributed by atoms with Crippen LogP contribution in [0.5, 0.6) is 0 Å². The third-order valence-electron chi connectivity index (χ3n) is 2.53. The molecule has 0 fully saturated rings. The van der Waals surface area contributed by atoms with Crippen molar-refractivity contribution in [3.63, 3.8) is 0 Å². The normalized spacial score (nSPS) is 9.90. The van der Waals surface area contributed by atoms with E-state index in [0.717, 1.165) is 18.2 Å². The summed E-state index contributed by atoms with van der Waals surface area (Å²) in [6.45, 7) is 0. The maximum atomic E-state index is 13.6. The van der Waals surface area contributed by atoms with Crippen molar-refractivity contribution in [1.29, 1.82) is 5.26 Å². The number of rotatable bonds is 2. The molecule has 2 aromatic rings. The van der Waals surface area contributed by atoms with Crippen LogP contribution in [0.3, 0.4) is 0 Å². The zero-order valence-electron chi connectivity index (χ0n) is 9.95. The van der Waals surface area contributed by atoms with Gasteiger partial charge in [-0.2, -0.15) is 5.26 Å². The molecule has 0 saturated heterocycles. The maximum Gasteiger partial charge on any atom is 0.260 e. The highest BCUT2D eigenvalue weighted by atomic mass is 35.5. The summed E-state index contributed by atoms with van der Waals surface area (Å²) in [7, 11) is 0. The van der Waals surface area contributed by atoms with Crippen LogP contribution in [0.1, 0.15) is 15.9 Å². The Bertz CT molecular complexity index is 705. The SMILES string of the molecule is N#Cc1cc(NC(=O)c2c(F)cccc2Cl)ccc1F. The molecule has 0 aliphatic heterocycles. The molecule has 0 aromatic heterocycles. The van der Waals surface area contributed by atoms with Crippen molar-refractivity contribution in [3.05, 3.63) is 64.2 Å². The van der Waals surface area contributed by atoms with Gasteiger partial charge >= 0.3 is 0 Å². The van der Waals surface area contributed by atoms with Gasteiger partial charge in [0.25, 0.3) is 5.91 Å². The van der Waals surface area contributed by atoms with E-state index in [2.05, 4.69) is 5.32 Å². The van der Waals surface area contributed by atoms with Crippen LogP contribution >= 0.6 is 11.6 Å². The lowest BCUT2D eigenvalue weighted by atomic mass is 10.1. The smallest absolute Gasteiger partial charge is 0.260 e. The highest BCUT2D eigenvalue weighted by Gasteiger charge is 2.16. The number of hydrogen-bond donors (Lipinski definition) is 1. The lowest BCUT2D eigenvalue weighted by molar-refractivity contribution is 0.102. The fourth-order valence-electron chi connectivity index (χ4n) is 1.60.